The van der Waals surface area contributed by atoms with Crippen molar-refractivity contribution in [2.24, 2.45) is 5.92 Å². The number of amides is 1. The number of benzene rings is 1. The monoisotopic (exact) mass is 302 g/mol. The van der Waals surface area contributed by atoms with Crippen molar-refractivity contribution in [3.63, 3.8) is 0 Å². The first-order chi connectivity index (χ1) is 10.7. The second kappa shape index (κ2) is 7.14. The van der Waals surface area contributed by atoms with E-state index in [0.717, 1.165) is 49.8 Å². The van der Waals surface area contributed by atoms with E-state index in [4.69, 9.17) is 4.74 Å². The molecule has 1 aromatic carbocycles. The topological polar surface area (TPSA) is 32.8 Å². The molecule has 0 atom stereocenters. The van der Waals surface area contributed by atoms with Crippen molar-refractivity contribution < 1.29 is 9.53 Å². The summed E-state index contributed by atoms with van der Waals surface area (Å²) >= 11 is 0. The van der Waals surface area contributed by atoms with Crippen LogP contribution in [0.3, 0.4) is 0 Å². The van der Waals surface area contributed by atoms with E-state index in [1.165, 1.54) is 19.4 Å². The van der Waals surface area contributed by atoms with Crippen molar-refractivity contribution in [3.8, 4) is 5.75 Å². The molecule has 22 heavy (non-hydrogen) atoms. The number of carbonyl (C=O) groups excluding carboxylic acids is 1. The Hall–Kier alpha value is -1.55. The maximum Gasteiger partial charge on any atom is 0.260 e. The predicted octanol–water partition coefficient (Wildman–Crippen LogP) is 2.32. The predicted molar refractivity (Wildman–Crippen MR) is 87.0 cm³/mol. The van der Waals surface area contributed by atoms with Crippen molar-refractivity contribution in [1.82, 2.24) is 9.80 Å². The van der Waals surface area contributed by atoms with Crippen LogP contribution in [-0.4, -0.2) is 55.0 Å². The van der Waals surface area contributed by atoms with Crippen LogP contribution >= 0.6 is 0 Å². The fourth-order valence-corrected chi connectivity index (χ4v) is 3.01. The lowest BCUT2D eigenvalue weighted by Gasteiger charge is -2.22. The van der Waals surface area contributed by atoms with E-state index in [9.17, 15) is 4.79 Å². The highest BCUT2D eigenvalue weighted by molar-refractivity contribution is 5.77. The van der Waals surface area contributed by atoms with Crippen LogP contribution in [0.1, 0.15) is 24.8 Å². The molecular formula is C18H26N2O2. The number of aryl methyl sites for hydroxylation is 1. The Kier molecular flexibility index (Phi) is 4.98. The molecule has 1 aromatic rings. The lowest BCUT2D eigenvalue weighted by atomic mass is 10.2. The fraction of sp³-hybridized carbons (Fsp3) is 0.611. The van der Waals surface area contributed by atoms with Crippen molar-refractivity contribution in [3.05, 3.63) is 29.8 Å². The van der Waals surface area contributed by atoms with E-state index in [2.05, 4.69) is 4.90 Å². The van der Waals surface area contributed by atoms with Crippen LogP contribution in [0, 0.1) is 12.8 Å². The van der Waals surface area contributed by atoms with E-state index >= 15 is 0 Å². The van der Waals surface area contributed by atoms with Gasteiger partial charge in [0, 0.05) is 26.2 Å². The molecule has 4 heteroatoms. The first kappa shape index (κ1) is 15.3. The zero-order chi connectivity index (χ0) is 15.4. The number of ether oxygens (including phenoxy) is 1. The van der Waals surface area contributed by atoms with E-state index in [1.54, 1.807) is 0 Å². The fourth-order valence-electron chi connectivity index (χ4n) is 3.01. The number of hydrogen-bond acceptors (Lipinski definition) is 3. The summed E-state index contributed by atoms with van der Waals surface area (Å²) in [5.74, 6) is 1.81. The maximum atomic E-state index is 12.3. The van der Waals surface area contributed by atoms with Crippen LogP contribution in [-0.2, 0) is 4.79 Å². The second-order valence-corrected chi connectivity index (χ2v) is 6.58. The van der Waals surface area contributed by atoms with Gasteiger partial charge in [-0.3, -0.25) is 4.79 Å². The Morgan fingerprint density at radius 2 is 2.09 bits per heavy atom. The summed E-state index contributed by atoms with van der Waals surface area (Å²) in [6.45, 7) is 7.22. The minimum absolute atomic E-state index is 0.106. The SMILES string of the molecule is Cc1cccc(OCC(=O)N2CCCN(CC3CC3)CC2)c1. The van der Waals surface area contributed by atoms with Crippen LogP contribution in [0.2, 0.25) is 0 Å². The highest BCUT2D eigenvalue weighted by Crippen LogP contribution is 2.29. The summed E-state index contributed by atoms with van der Waals surface area (Å²) in [7, 11) is 0. The number of nitrogens with zero attached hydrogens (tertiary/aromatic N) is 2. The zero-order valence-electron chi connectivity index (χ0n) is 13.5. The molecule has 2 aliphatic rings. The summed E-state index contributed by atoms with van der Waals surface area (Å²) in [6, 6.07) is 7.85. The van der Waals surface area contributed by atoms with Crippen LogP contribution in [0.4, 0.5) is 0 Å². The first-order valence-corrected chi connectivity index (χ1v) is 8.40. The number of rotatable bonds is 5. The first-order valence-electron chi connectivity index (χ1n) is 8.40. The molecule has 0 aromatic heterocycles. The molecule has 1 aliphatic heterocycles. The molecule has 2 fully saturated rings. The molecule has 0 spiro atoms. The van der Waals surface area contributed by atoms with Crippen molar-refractivity contribution in [1.29, 1.82) is 0 Å². The van der Waals surface area contributed by atoms with Gasteiger partial charge in [0.2, 0.25) is 0 Å². The molecule has 1 heterocycles. The molecule has 1 amide bonds. The van der Waals surface area contributed by atoms with Gasteiger partial charge < -0.3 is 14.5 Å². The Morgan fingerprint density at radius 3 is 2.86 bits per heavy atom. The van der Waals surface area contributed by atoms with Gasteiger partial charge in [0.25, 0.3) is 5.91 Å². The zero-order valence-corrected chi connectivity index (χ0v) is 13.5. The molecule has 0 N–H and O–H groups in total. The molecule has 1 saturated carbocycles. The van der Waals surface area contributed by atoms with Gasteiger partial charge in [0.05, 0.1) is 0 Å². The lowest BCUT2D eigenvalue weighted by Crippen LogP contribution is -2.38. The average molecular weight is 302 g/mol. The molecule has 4 nitrogen and oxygen atoms in total. The number of hydrogen-bond donors (Lipinski definition) is 0. The van der Waals surface area contributed by atoms with Gasteiger partial charge in [-0.2, -0.15) is 0 Å². The largest absolute Gasteiger partial charge is 0.484 e. The molecule has 120 valence electrons. The maximum absolute atomic E-state index is 12.3. The van der Waals surface area contributed by atoms with E-state index in [-0.39, 0.29) is 12.5 Å². The van der Waals surface area contributed by atoms with E-state index < -0.39 is 0 Å². The Bertz CT molecular complexity index is 514. The van der Waals surface area contributed by atoms with Gasteiger partial charge in [-0.15, -0.1) is 0 Å². The Labute approximate surface area is 133 Å². The van der Waals surface area contributed by atoms with Gasteiger partial charge in [-0.1, -0.05) is 12.1 Å². The summed E-state index contributed by atoms with van der Waals surface area (Å²) in [6.07, 6.45) is 3.86. The third-order valence-electron chi connectivity index (χ3n) is 4.51. The number of carbonyl (C=O) groups is 1. The highest BCUT2D eigenvalue weighted by Gasteiger charge is 2.26. The smallest absolute Gasteiger partial charge is 0.260 e. The minimum atomic E-state index is 0.106. The van der Waals surface area contributed by atoms with Gasteiger partial charge in [-0.05, 0) is 56.3 Å². The average Bonchev–Trinajstić information content (AvgIpc) is 3.33. The van der Waals surface area contributed by atoms with Crippen molar-refractivity contribution in [2.45, 2.75) is 26.2 Å². The normalized spacial score (nSPS) is 19.8. The van der Waals surface area contributed by atoms with Gasteiger partial charge >= 0.3 is 0 Å². The summed E-state index contributed by atoms with van der Waals surface area (Å²) in [4.78, 5) is 16.8. The lowest BCUT2D eigenvalue weighted by molar-refractivity contribution is -0.133. The standard InChI is InChI=1S/C18H26N2O2/c1-15-4-2-5-17(12-15)22-14-18(21)20-9-3-8-19(10-11-20)13-16-6-7-16/h2,4-5,12,16H,3,6-11,13-14H2,1H3. The molecular weight excluding hydrogens is 276 g/mol. The molecule has 0 bridgehead atoms. The van der Waals surface area contributed by atoms with Crippen LogP contribution in [0.15, 0.2) is 24.3 Å². The van der Waals surface area contributed by atoms with E-state index in [1.807, 2.05) is 36.1 Å². The second-order valence-electron chi connectivity index (χ2n) is 6.58. The van der Waals surface area contributed by atoms with Crippen LogP contribution in [0.5, 0.6) is 5.75 Å². The van der Waals surface area contributed by atoms with E-state index in [0.29, 0.717) is 0 Å². The third kappa shape index (κ3) is 4.47. The quantitative estimate of drug-likeness (QED) is 0.837. The van der Waals surface area contributed by atoms with Gasteiger partial charge in [0.1, 0.15) is 5.75 Å². The minimum Gasteiger partial charge on any atom is -0.484 e. The van der Waals surface area contributed by atoms with Crippen molar-refractivity contribution >= 4 is 5.91 Å². The van der Waals surface area contributed by atoms with Gasteiger partial charge in [-0.25, -0.2) is 0 Å². The van der Waals surface area contributed by atoms with Crippen molar-refractivity contribution in [2.75, 3.05) is 39.3 Å². The highest BCUT2D eigenvalue weighted by atomic mass is 16.5. The summed E-state index contributed by atoms with van der Waals surface area (Å²) in [5, 5.41) is 0. The molecule has 1 saturated heterocycles. The summed E-state index contributed by atoms with van der Waals surface area (Å²) in [5.41, 5.74) is 1.15. The third-order valence-corrected chi connectivity index (χ3v) is 4.51. The molecule has 0 radical (unpaired) electrons. The van der Waals surface area contributed by atoms with Crippen LogP contribution in [0.25, 0.3) is 0 Å². The molecule has 0 unspecified atom stereocenters. The van der Waals surface area contributed by atoms with Gasteiger partial charge in [0.15, 0.2) is 6.61 Å². The molecule has 3 rings (SSSR count). The Balaban J connectivity index is 1.45. The summed E-state index contributed by atoms with van der Waals surface area (Å²) < 4.78 is 5.64. The van der Waals surface area contributed by atoms with Crippen LogP contribution < -0.4 is 4.74 Å². The Morgan fingerprint density at radius 1 is 1.23 bits per heavy atom. The molecule has 1 aliphatic carbocycles.